The van der Waals surface area contributed by atoms with Gasteiger partial charge in [-0.3, -0.25) is 9.69 Å². The fourth-order valence-corrected chi connectivity index (χ4v) is 3.89. The molecule has 0 aliphatic rings. The maximum absolute atomic E-state index is 13.2. The number of thiazole rings is 1. The number of ether oxygens (including phenoxy) is 2. The number of esters is 2. The zero-order chi connectivity index (χ0) is 24.0. The molecule has 0 saturated carbocycles. The summed E-state index contributed by atoms with van der Waals surface area (Å²) in [4.78, 5) is 43.6. The Morgan fingerprint density at radius 1 is 1.09 bits per heavy atom. The molecule has 172 valence electrons. The molecule has 1 aromatic heterocycles. The average molecular weight is 472 g/mol. The van der Waals surface area contributed by atoms with Gasteiger partial charge in [-0.15, -0.1) is 0 Å². The summed E-state index contributed by atoms with van der Waals surface area (Å²) in [5.74, 6) is -2.53. The Morgan fingerprint density at radius 3 is 2.48 bits per heavy atom. The van der Waals surface area contributed by atoms with Crippen LogP contribution in [0.3, 0.4) is 0 Å². The fraction of sp³-hybridized carbons (Fsp3) is 0.217. The highest BCUT2D eigenvalue weighted by atomic mass is 32.1. The Kier molecular flexibility index (Phi) is 7.73. The molecule has 0 saturated heterocycles. The van der Waals surface area contributed by atoms with E-state index in [-0.39, 0.29) is 34.4 Å². The summed E-state index contributed by atoms with van der Waals surface area (Å²) in [7, 11) is 0. The third kappa shape index (κ3) is 5.92. The monoisotopic (exact) mass is 471 g/mol. The topological polar surface area (TPSA) is 112 Å². The SMILES string of the molecule is CCOC(=O)c1sc(N(Cc2ccccc2)C(=O)COC(=O)c2ccc(F)cc2N)nc1C. The zero-order valence-corrected chi connectivity index (χ0v) is 18.9. The van der Waals surface area contributed by atoms with Crippen LogP contribution in [-0.4, -0.2) is 36.0 Å². The molecule has 0 fully saturated rings. The number of carbonyl (C=O) groups is 3. The second-order valence-corrected chi connectivity index (χ2v) is 7.88. The lowest BCUT2D eigenvalue weighted by atomic mass is 10.2. The Hall–Kier alpha value is -3.79. The van der Waals surface area contributed by atoms with Crippen molar-refractivity contribution in [2.24, 2.45) is 0 Å². The fourth-order valence-electron chi connectivity index (χ4n) is 2.91. The zero-order valence-electron chi connectivity index (χ0n) is 18.0. The Morgan fingerprint density at radius 2 is 1.82 bits per heavy atom. The van der Waals surface area contributed by atoms with Crippen molar-refractivity contribution in [2.45, 2.75) is 20.4 Å². The molecule has 0 bridgehead atoms. The molecule has 1 heterocycles. The number of carbonyl (C=O) groups excluding carboxylic acids is 3. The maximum atomic E-state index is 13.2. The Balaban J connectivity index is 1.82. The van der Waals surface area contributed by atoms with Crippen LogP contribution in [0.5, 0.6) is 0 Å². The molecule has 0 unspecified atom stereocenters. The smallest absolute Gasteiger partial charge is 0.350 e. The molecule has 0 aliphatic heterocycles. The van der Waals surface area contributed by atoms with Gasteiger partial charge >= 0.3 is 11.9 Å². The highest BCUT2D eigenvalue weighted by Crippen LogP contribution is 2.28. The number of amides is 1. The van der Waals surface area contributed by atoms with Gasteiger partial charge in [0.15, 0.2) is 11.7 Å². The molecule has 0 atom stereocenters. The van der Waals surface area contributed by atoms with Crippen molar-refractivity contribution in [3.8, 4) is 0 Å². The number of anilines is 2. The third-order valence-electron chi connectivity index (χ3n) is 4.52. The molecular weight excluding hydrogens is 449 g/mol. The summed E-state index contributed by atoms with van der Waals surface area (Å²) in [5.41, 5.74) is 6.76. The number of hydrogen-bond donors (Lipinski definition) is 1. The number of aromatic nitrogens is 1. The van der Waals surface area contributed by atoms with Crippen LogP contribution < -0.4 is 10.6 Å². The number of rotatable bonds is 8. The van der Waals surface area contributed by atoms with E-state index in [1.165, 1.54) is 11.0 Å². The average Bonchev–Trinajstić information content (AvgIpc) is 3.18. The molecule has 1 amide bonds. The standard InChI is InChI=1S/C23H22FN3O5S/c1-3-31-22(30)20-14(2)26-23(33-20)27(12-15-7-5-4-6-8-15)19(28)13-32-21(29)17-10-9-16(24)11-18(17)25/h4-11H,3,12-13,25H2,1-2H3. The molecule has 8 nitrogen and oxygen atoms in total. The predicted octanol–water partition coefficient (Wildman–Crippen LogP) is 3.74. The lowest BCUT2D eigenvalue weighted by Crippen LogP contribution is -2.34. The van der Waals surface area contributed by atoms with Gasteiger partial charge in [-0.05, 0) is 37.6 Å². The first-order valence-corrected chi connectivity index (χ1v) is 10.8. The van der Waals surface area contributed by atoms with E-state index < -0.39 is 30.3 Å². The van der Waals surface area contributed by atoms with Crippen molar-refractivity contribution in [3.05, 3.63) is 76.0 Å². The second kappa shape index (κ2) is 10.7. The van der Waals surface area contributed by atoms with Gasteiger partial charge in [0.05, 0.1) is 24.4 Å². The number of nitrogens with two attached hydrogens (primary N) is 1. The minimum Gasteiger partial charge on any atom is -0.462 e. The van der Waals surface area contributed by atoms with Crippen LogP contribution in [0.4, 0.5) is 15.2 Å². The highest BCUT2D eigenvalue weighted by Gasteiger charge is 2.25. The number of aryl methyl sites for hydroxylation is 1. The lowest BCUT2D eigenvalue weighted by molar-refractivity contribution is -0.121. The van der Waals surface area contributed by atoms with Gasteiger partial charge in [-0.1, -0.05) is 41.7 Å². The molecule has 2 aromatic carbocycles. The van der Waals surface area contributed by atoms with Gasteiger partial charge in [0, 0.05) is 5.69 Å². The van der Waals surface area contributed by atoms with E-state index in [1.807, 2.05) is 30.3 Å². The number of nitrogens with zero attached hydrogens (tertiary/aromatic N) is 2. The van der Waals surface area contributed by atoms with Crippen LogP contribution in [-0.2, 0) is 20.8 Å². The van der Waals surface area contributed by atoms with Gasteiger partial charge in [0.2, 0.25) is 0 Å². The normalized spacial score (nSPS) is 10.5. The number of halogens is 1. The number of nitrogen functional groups attached to an aromatic ring is 1. The van der Waals surface area contributed by atoms with Gasteiger partial charge < -0.3 is 15.2 Å². The second-order valence-electron chi connectivity index (χ2n) is 6.90. The van der Waals surface area contributed by atoms with E-state index >= 15 is 0 Å². The molecule has 0 aliphatic carbocycles. The van der Waals surface area contributed by atoms with E-state index in [4.69, 9.17) is 15.2 Å². The van der Waals surface area contributed by atoms with Crippen molar-refractivity contribution in [1.82, 2.24) is 4.98 Å². The van der Waals surface area contributed by atoms with Crippen LogP contribution in [0.1, 0.15) is 38.2 Å². The van der Waals surface area contributed by atoms with E-state index in [0.717, 1.165) is 29.0 Å². The molecule has 3 aromatic rings. The van der Waals surface area contributed by atoms with E-state index in [0.29, 0.717) is 5.69 Å². The summed E-state index contributed by atoms with van der Waals surface area (Å²) < 4.78 is 23.4. The van der Waals surface area contributed by atoms with E-state index in [2.05, 4.69) is 4.98 Å². The van der Waals surface area contributed by atoms with Crippen LogP contribution in [0, 0.1) is 12.7 Å². The minimum absolute atomic E-state index is 0.0477. The molecule has 33 heavy (non-hydrogen) atoms. The largest absolute Gasteiger partial charge is 0.462 e. The van der Waals surface area contributed by atoms with Crippen molar-refractivity contribution < 1.29 is 28.2 Å². The quantitative estimate of drug-likeness (QED) is 0.393. The number of benzene rings is 2. The van der Waals surface area contributed by atoms with Crippen molar-refractivity contribution in [2.75, 3.05) is 23.8 Å². The molecule has 0 spiro atoms. The molecular formula is C23H22FN3O5S. The molecule has 3 rings (SSSR count). The first-order chi connectivity index (χ1) is 15.8. The first kappa shape index (κ1) is 23.9. The summed E-state index contributed by atoms with van der Waals surface area (Å²) >= 11 is 1.02. The van der Waals surface area contributed by atoms with Gasteiger partial charge in [0.25, 0.3) is 5.91 Å². The van der Waals surface area contributed by atoms with Crippen molar-refractivity contribution >= 4 is 40.0 Å². The summed E-state index contributed by atoms with van der Waals surface area (Å²) in [6, 6.07) is 12.4. The van der Waals surface area contributed by atoms with Crippen molar-refractivity contribution in [3.63, 3.8) is 0 Å². The van der Waals surface area contributed by atoms with Gasteiger partial charge in [-0.2, -0.15) is 0 Å². The summed E-state index contributed by atoms with van der Waals surface area (Å²) in [6.45, 7) is 3.10. The van der Waals surface area contributed by atoms with Gasteiger partial charge in [-0.25, -0.2) is 19.0 Å². The maximum Gasteiger partial charge on any atom is 0.350 e. The van der Waals surface area contributed by atoms with Gasteiger partial charge in [0.1, 0.15) is 10.7 Å². The Labute approximate surface area is 193 Å². The lowest BCUT2D eigenvalue weighted by Gasteiger charge is -2.20. The minimum atomic E-state index is -0.858. The summed E-state index contributed by atoms with van der Waals surface area (Å²) in [6.07, 6.45) is 0. The van der Waals surface area contributed by atoms with Crippen LogP contribution in [0.25, 0.3) is 0 Å². The first-order valence-electron chi connectivity index (χ1n) is 10.0. The van der Waals surface area contributed by atoms with E-state index in [9.17, 15) is 18.8 Å². The third-order valence-corrected chi connectivity index (χ3v) is 5.68. The highest BCUT2D eigenvalue weighted by molar-refractivity contribution is 7.17. The van der Waals surface area contributed by atoms with Crippen LogP contribution >= 0.6 is 11.3 Å². The van der Waals surface area contributed by atoms with E-state index in [1.54, 1.807) is 13.8 Å². The van der Waals surface area contributed by atoms with Crippen LogP contribution in [0.2, 0.25) is 0 Å². The molecule has 0 radical (unpaired) electrons. The van der Waals surface area contributed by atoms with Crippen molar-refractivity contribution in [1.29, 1.82) is 0 Å². The number of hydrogen-bond acceptors (Lipinski definition) is 8. The predicted molar refractivity (Wildman–Crippen MR) is 122 cm³/mol. The molecule has 2 N–H and O–H groups in total. The van der Waals surface area contributed by atoms with Crippen LogP contribution in [0.15, 0.2) is 48.5 Å². The molecule has 10 heteroatoms. The Bertz CT molecular complexity index is 1170. The summed E-state index contributed by atoms with van der Waals surface area (Å²) in [5, 5.41) is 0.266.